The van der Waals surface area contributed by atoms with E-state index in [1.807, 2.05) is 0 Å². The summed E-state index contributed by atoms with van der Waals surface area (Å²) >= 11 is 0. The van der Waals surface area contributed by atoms with Gasteiger partial charge in [0, 0.05) is 0 Å². The van der Waals surface area contributed by atoms with Crippen LogP contribution in [-0.2, 0) is 22.1 Å². The molecule has 0 heterocycles. The largest absolute Gasteiger partial charge is 0.468 e. The number of rotatable bonds is 3. The van der Waals surface area contributed by atoms with Crippen molar-refractivity contribution in [1.82, 2.24) is 0 Å². The van der Waals surface area contributed by atoms with E-state index >= 15 is 0 Å². The Balaban J connectivity index is 2.85. The molecule has 1 rings (SSSR count). The van der Waals surface area contributed by atoms with Crippen molar-refractivity contribution in [3.63, 3.8) is 0 Å². The van der Waals surface area contributed by atoms with Gasteiger partial charge in [-0.15, -0.1) is 0 Å². The lowest BCUT2D eigenvalue weighted by atomic mass is 10.0. The van der Waals surface area contributed by atoms with Gasteiger partial charge in [-0.3, -0.25) is 4.79 Å². The van der Waals surface area contributed by atoms with Gasteiger partial charge in [0.15, 0.2) is 0 Å². The number of hydrogen-bond acceptors (Lipinski definition) is 3. The second-order valence-electron chi connectivity index (χ2n) is 3.39. The standard InChI is InChI=1S/C11H12F3NO2/c1-17-10(16)9(15)6-7-2-4-8(5-3-7)11(12,13)14/h2-5,9H,6,15H2,1H3/t9-/m1/s1/i9D. The molecule has 0 spiro atoms. The van der Waals surface area contributed by atoms with Gasteiger partial charge in [-0.05, 0) is 24.1 Å². The van der Waals surface area contributed by atoms with E-state index in [0.717, 1.165) is 19.2 Å². The molecule has 17 heavy (non-hydrogen) atoms. The van der Waals surface area contributed by atoms with E-state index < -0.39 is 23.7 Å². The predicted molar refractivity (Wildman–Crippen MR) is 55.1 cm³/mol. The smallest absolute Gasteiger partial charge is 0.416 e. The third-order valence-electron chi connectivity index (χ3n) is 2.12. The maximum Gasteiger partial charge on any atom is 0.416 e. The van der Waals surface area contributed by atoms with Gasteiger partial charge in [-0.1, -0.05) is 12.1 Å². The second kappa shape index (κ2) is 5.18. The average Bonchev–Trinajstić information content (AvgIpc) is 2.26. The van der Waals surface area contributed by atoms with Crippen LogP contribution in [0.5, 0.6) is 0 Å². The Morgan fingerprint density at radius 2 is 2.00 bits per heavy atom. The van der Waals surface area contributed by atoms with E-state index in [1.165, 1.54) is 12.1 Å². The minimum Gasteiger partial charge on any atom is -0.468 e. The summed E-state index contributed by atoms with van der Waals surface area (Å²) in [6.07, 6.45) is -4.64. The van der Waals surface area contributed by atoms with Gasteiger partial charge in [-0.2, -0.15) is 13.2 Å². The summed E-state index contributed by atoms with van der Waals surface area (Å²) in [5.41, 5.74) is 4.95. The summed E-state index contributed by atoms with van der Waals surface area (Å²) in [5, 5.41) is 0. The Morgan fingerprint density at radius 1 is 1.47 bits per heavy atom. The van der Waals surface area contributed by atoms with Crippen molar-refractivity contribution in [1.29, 1.82) is 0 Å². The summed E-state index contributed by atoms with van der Waals surface area (Å²) in [6.45, 7) is 0. The normalized spacial score (nSPS) is 15.9. The molecule has 0 aliphatic rings. The van der Waals surface area contributed by atoms with Crippen molar-refractivity contribution in [2.24, 2.45) is 5.73 Å². The molecule has 6 heteroatoms. The molecule has 0 radical (unpaired) electrons. The van der Waals surface area contributed by atoms with E-state index in [0.29, 0.717) is 5.56 Å². The fraction of sp³-hybridized carbons (Fsp3) is 0.364. The molecular weight excluding hydrogens is 235 g/mol. The van der Waals surface area contributed by atoms with Gasteiger partial charge < -0.3 is 10.5 Å². The van der Waals surface area contributed by atoms with Gasteiger partial charge in [0.05, 0.1) is 14.0 Å². The minimum absolute atomic E-state index is 0.224. The summed E-state index contributed by atoms with van der Waals surface area (Å²) < 4.78 is 48.8. The van der Waals surface area contributed by atoms with Crippen LogP contribution in [0.4, 0.5) is 13.2 Å². The minimum atomic E-state index is -4.42. The van der Waals surface area contributed by atoms with E-state index in [2.05, 4.69) is 4.74 Å². The van der Waals surface area contributed by atoms with E-state index in [1.54, 1.807) is 0 Å². The van der Waals surface area contributed by atoms with Gasteiger partial charge in [0.1, 0.15) is 6.02 Å². The van der Waals surface area contributed by atoms with Crippen molar-refractivity contribution in [2.75, 3.05) is 7.11 Å². The first-order chi connectivity index (χ1) is 8.16. The van der Waals surface area contributed by atoms with Crippen LogP contribution in [0.3, 0.4) is 0 Å². The third-order valence-corrected chi connectivity index (χ3v) is 2.12. The molecule has 1 atom stereocenters. The highest BCUT2D eigenvalue weighted by Crippen LogP contribution is 2.29. The SMILES string of the molecule is [2H][C@@](N)(Cc1ccc(C(F)(F)F)cc1)C(=O)OC. The molecule has 0 fully saturated rings. The first-order valence-corrected chi connectivity index (χ1v) is 4.70. The number of halogens is 3. The molecule has 0 saturated carbocycles. The fourth-order valence-corrected chi connectivity index (χ4v) is 1.23. The Morgan fingerprint density at radius 3 is 2.41 bits per heavy atom. The Bertz CT molecular complexity index is 429. The van der Waals surface area contributed by atoms with Crippen LogP contribution in [0, 0.1) is 0 Å². The van der Waals surface area contributed by atoms with Crippen LogP contribution in [0.2, 0.25) is 0 Å². The number of methoxy groups -OCH3 is 1. The number of alkyl halides is 3. The zero-order valence-corrected chi connectivity index (χ0v) is 9.04. The molecule has 0 bridgehead atoms. The maximum atomic E-state index is 12.3. The monoisotopic (exact) mass is 248 g/mol. The first-order valence-electron chi connectivity index (χ1n) is 5.20. The van der Waals surface area contributed by atoms with Crippen molar-refractivity contribution >= 4 is 5.97 Å². The quantitative estimate of drug-likeness (QED) is 0.829. The molecule has 0 aliphatic heterocycles. The maximum absolute atomic E-state index is 12.3. The van der Waals surface area contributed by atoms with Crippen LogP contribution < -0.4 is 5.73 Å². The Labute approximate surface area is 97.8 Å². The number of ether oxygens (including phenoxy) is 1. The zero-order chi connectivity index (χ0) is 14.0. The first kappa shape index (κ1) is 11.9. The fourth-order valence-electron chi connectivity index (χ4n) is 1.23. The van der Waals surface area contributed by atoms with E-state index in [4.69, 9.17) is 7.10 Å². The molecule has 0 saturated heterocycles. The van der Waals surface area contributed by atoms with Crippen molar-refractivity contribution in [2.45, 2.75) is 18.6 Å². The van der Waals surface area contributed by atoms with Crippen LogP contribution in [0.15, 0.2) is 24.3 Å². The molecule has 0 amide bonds. The lowest BCUT2D eigenvalue weighted by Gasteiger charge is -2.10. The number of benzene rings is 1. The molecule has 0 unspecified atom stereocenters. The van der Waals surface area contributed by atoms with Crippen LogP contribution in [-0.4, -0.2) is 19.1 Å². The van der Waals surface area contributed by atoms with Gasteiger partial charge in [-0.25, -0.2) is 0 Å². The molecule has 3 nitrogen and oxygen atoms in total. The number of carbonyl (C=O) groups excluding carboxylic acids is 1. The zero-order valence-electron chi connectivity index (χ0n) is 10.0. The molecule has 1 aromatic rings. The number of carbonyl (C=O) groups is 1. The summed E-state index contributed by atoms with van der Waals surface area (Å²) in [6, 6.07) is 2.11. The van der Waals surface area contributed by atoms with Gasteiger partial charge in [0.25, 0.3) is 0 Å². The molecule has 0 aliphatic carbocycles. The van der Waals surface area contributed by atoms with Crippen molar-refractivity contribution in [3.8, 4) is 0 Å². The Kier molecular flexibility index (Phi) is 3.63. The number of esters is 1. The highest BCUT2D eigenvalue weighted by atomic mass is 19.4. The molecule has 1 aromatic carbocycles. The lowest BCUT2D eigenvalue weighted by molar-refractivity contribution is -0.142. The molecular formula is C11H12F3NO2. The summed E-state index contributed by atoms with van der Waals surface area (Å²) in [5.74, 6) is -0.942. The summed E-state index contributed by atoms with van der Waals surface area (Å²) in [4.78, 5) is 11.1. The topological polar surface area (TPSA) is 52.3 Å². The van der Waals surface area contributed by atoms with Gasteiger partial charge >= 0.3 is 12.1 Å². The molecule has 0 aromatic heterocycles. The highest BCUT2D eigenvalue weighted by molar-refractivity contribution is 5.75. The lowest BCUT2D eigenvalue weighted by Crippen LogP contribution is -2.33. The Hall–Kier alpha value is -1.56. The van der Waals surface area contributed by atoms with E-state index in [-0.39, 0.29) is 6.42 Å². The second-order valence-corrected chi connectivity index (χ2v) is 3.39. The van der Waals surface area contributed by atoms with Crippen LogP contribution in [0.25, 0.3) is 0 Å². The number of hydrogen-bond donors (Lipinski definition) is 1. The number of nitrogens with two attached hydrogens (primary N) is 1. The average molecular weight is 248 g/mol. The highest BCUT2D eigenvalue weighted by Gasteiger charge is 2.30. The molecule has 2 N–H and O–H groups in total. The van der Waals surface area contributed by atoms with Crippen molar-refractivity contribution < 1.29 is 24.1 Å². The summed E-state index contributed by atoms with van der Waals surface area (Å²) in [7, 11) is 1.09. The molecule has 94 valence electrons. The van der Waals surface area contributed by atoms with Gasteiger partial charge in [0.2, 0.25) is 0 Å². The predicted octanol–water partition coefficient (Wildman–Crippen LogP) is 1.75. The van der Waals surface area contributed by atoms with Crippen LogP contribution in [0.1, 0.15) is 12.5 Å². The van der Waals surface area contributed by atoms with Crippen LogP contribution >= 0.6 is 0 Å². The van der Waals surface area contributed by atoms with E-state index in [9.17, 15) is 18.0 Å². The third kappa shape index (κ3) is 3.74. The van der Waals surface area contributed by atoms with Crippen molar-refractivity contribution in [3.05, 3.63) is 35.4 Å².